The van der Waals surface area contributed by atoms with Crippen LogP contribution >= 0.6 is 0 Å². The van der Waals surface area contributed by atoms with Crippen LogP contribution in [-0.4, -0.2) is 29.9 Å². The van der Waals surface area contributed by atoms with E-state index >= 15 is 0 Å². The van der Waals surface area contributed by atoms with Gasteiger partial charge in [0.05, 0.1) is 0 Å². The van der Waals surface area contributed by atoms with E-state index in [0.717, 1.165) is 39.0 Å². The molecule has 0 N–H and O–H groups in total. The van der Waals surface area contributed by atoms with Crippen LogP contribution in [0.2, 0.25) is 14.9 Å². The monoisotopic (exact) mass is 306 g/mol. The number of benzene rings is 1. The molecule has 1 atom stereocenters. The summed E-state index contributed by atoms with van der Waals surface area (Å²) in [5.41, 5.74) is 1.58. The van der Waals surface area contributed by atoms with Gasteiger partial charge in [0.1, 0.15) is 0 Å². The summed E-state index contributed by atoms with van der Waals surface area (Å²) in [7, 11) is 0. The van der Waals surface area contributed by atoms with Crippen LogP contribution in [0.1, 0.15) is 17.9 Å². The molecule has 0 heterocycles. The molecule has 1 aromatic rings. The van der Waals surface area contributed by atoms with E-state index in [2.05, 4.69) is 42.0 Å². The van der Waals surface area contributed by atoms with Crippen molar-refractivity contribution in [3.05, 3.63) is 35.9 Å². The molecule has 13 heavy (non-hydrogen) atoms. The van der Waals surface area contributed by atoms with Crippen molar-refractivity contribution in [1.29, 1.82) is 0 Å². The van der Waals surface area contributed by atoms with Gasteiger partial charge in [-0.3, -0.25) is 0 Å². The summed E-state index contributed by atoms with van der Waals surface area (Å²) in [4.78, 5) is 0. The Hall–Kier alpha value is 0.259. The second-order valence-electron chi connectivity index (χ2n) is 3.39. The molecule has 2 heteroatoms. The first-order chi connectivity index (χ1) is 6.32. The SMILES string of the molecule is C[Se]C1([Se]C)CC1c1ccccc1. The fourth-order valence-corrected chi connectivity index (χ4v) is 7.15. The fourth-order valence-electron chi connectivity index (χ4n) is 1.82. The maximum atomic E-state index is 2.40. The predicted molar refractivity (Wildman–Crippen MR) is 59.7 cm³/mol. The molecule has 0 amide bonds. The van der Waals surface area contributed by atoms with Crippen molar-refractivity contribution in [1.82, 2.24) is 0 Å². The van der Waals surface area contributed by atoms with Crippen molar-refractivity contribution in [3.8, 4) is 0 Å². The van der Waals surface area contributed by atoms with Gasteiger partial charge in [-0.2, -0.15) is 0 Å². The quantitative estimate of drug-likeness (QED) is 0.753. The Balaban J connectivity index is 2.15. The second kappa shape index (κ2) is 3.79. The molecule has 0 bridgehead atoms. The summed E-state index contributed by atoms with van der Waals surface area (Å²) < 4.78 is 0.779. The zero-order valence-electron chi connectivity index (χ0n) is 7.99. The number of rotatable bonds is 3. The third-order valence-electron chi connectivity index (χ3n) is 2.75. The minimum atomic E-state index is 0.779. The Labute approximate surface area is 92.8 Å². The van der Waals surface area contributed by atoms with Gasteiger partial charge >= 0.3 is 93.0 Å². The molecule has 0 nitrogen and oxygen atoms in total. The van der Waals surface area contributed by atoms with Crippen LogP contribution < -0.4 is 0 Å². The van der Waals surface area contributed by atoms with E-state index in [9.17, 15) is 0 Å². The molecule has 0 saturated heterocycles. The van der Waals surface area contributed by atoms with Crippen molar-refractivity contribution < 1.29 is 0 Å². The zero-order valence-corrected chi connectivity index (χ0v) is 11.4. The summed E-state index contributed by atoms with van der Waals surface area (Å²) in [6.07, 6.45) is 1.46. The molecule has 2 rings (SSSR count). The third-order valence-corrected chi connectivity index (χ3v) is 11.2. The van der Waals surface area contributed by atoms with E-state index < -0.39 is 0 Å². The van der Waals surface area contributed by atoms with Crippen LogP contribution in [0, 0.1) is 0 Å². The van der Waals surface area contributed by atoms with Gasteiger partial charge in [-0.15, -0.1) is 0 Å². The van der Waals surface area contributed by atoms with Crippen LogP contribution in [0.4, 0.5) is 0 Å². The van der Waals surface area contributed by atoms with E-state index in [-0.39, 0.29) is 0 Å². The average Bonchev–Trinajstić information content (AvgIpc) is 2.95. The van der Waals surface area contributed by atoms with E-state index in [4.69, 9.17) is 0 Å². The van der Waals surface area contributed by atoms with Crippen molar-refractivity contribution in [2.45, 2.75) is 27.2 Å². The molecule has 0 radical (unpaired) electrons. The Morgan fingerprint density at radius 3 is 2.23 bits per heavy atom. The van der Waals surface area contributed by atoms with Gasteiger partial charge in [0.25, 0.3) is 0 Å². The first-order valence-corrected chi connectivity index (χ1v) is 9.61. The molecule has 0 spiro atoms. The molecule has 1 aliphatic rings. The first-order valence-electron chi connectivity index (χ1n) is 4.47. The molecule has 1 aromatic carbocycles. The van der Waals surface area contributed by atoms with Crippen LogP contribution in [0.5, 0.6) is 0 Å². The standard InChI is InChI=1S/C11H14Se2/c1-12-11(13-2)8-10(11)9-6-4-3-5-7-9/h3-7,10H,8H2,1-2H3. The molecular weight excluding hydrogens is 290 g/mol. The van der Waals surface area contributed by atoms with Crippen molar-refractivity contribution >= 4 is 29.9 Å². The summed E-state index contributed by atoms with van der Waals surface area (Å²) >= 11 is 1.67. The molecule has 0 aliphatic heterocycles. The summed E-state index contributed by atoms with van der Waals surface area (Å²) in [5, 5.41) is 0. The van der Waals surface area contributed by atoms with Crippen LogP contribution in [0.15, 0.2) is 30.3 Å². The van der Waals surface area contributed by atoms with Gasteiger partial charge in [-0.05, 0) is 0 Å². The summed E-state index contributed by atoms with van der Waals surface area (Å²) in [5.74, 6) is 5.71. The molecule has 70 valence electrons. The number of hydrogen-bond donors (Lipinski definition) is 0. The van der Waals surface area contributed by atoms with E-state index in [0.29, 0.717) is 0 Å². The first kappa shape index (κ1) is 9.80. The molecule has 1 fully saturated rings. The summed E-state index contributed by atoms with van der Waals surface area (Å²) in [6.45, 7) is 0. The van der Waals surface area contributed by atoms with Crippen LogP contribution in [0.3, 0.4) is 0 Å². The van der Waals surface area contributed by atoms with E-state index in [1.165, 1.54) is 6.42 Å². The Bertz CT molecular complexity index is 277. The van der Waals surface area contributed by atoms with Gasteiger partial charge in [0.15, 0.2) is 0 Å². The van der Waals surface area contributed by atoms with Crippen molar-refractivity contribution in [2.75, 3.05) is 0 Å². The van der Waals surface area contributed by atoms with Crippen molar-refractivity contribution in [3.63, 3.8) is 0 Å². The van der Waals surface area contributed by atoms with Crippen LogP contribution in [-0.2, 0) is 0 Å². The van der Waals surface area contributed by atoms with E-state index in [1.807, 2.05) is 0 Å². The van der Waals surface area contributed by atoms with Gasteiger partial charge in [0.2, 0.25) is 0 Å². The second-order valence-corrected chi connectivity index (χ2v) is 9.47. The molecule has 1 aliphatic carbocycles. The normalized spacial score (nSPS) is 24.3. The molecule has 1 saturated carbocycles. The number of hydrogen-bond acceptors (Lipinski definition) is 0. The molecule has 1 unspecified atom stereocenters. The third kappa shape index (κ3) is 1.74. The fraction of sp³-hybridized carbons (Fsp3) is 0.455. The Morgan fingerprint density at radius 2 is 1.77 bits per heavy atom. The zero-order chi connectivity index (χ0) is 9.31. The van der Waals surface area contributed by atoms with Gasteiger partial charge < -0.3 is 0 Å². The predicted octanol–water partition coefficient (Wildman–Crippen LogP) is 2.79. The topological polar surface area (TPSA) is 0 Å². The maximum absolute atomic E-state index is 2.40. The average molecular weight is 304 g/mol. The Morgan fingerprint density at radius 1 is 1.15 bits per heavy atom. The van der Waals surface area contributed by atoms with Gasteiger partial charge in [-0.25, -0.2) is 0 Å². The van der Waals surface area contributed by atoms with Crippen LogP contribution in [0.25, 0.3) is 0 Å². The Kier molecular flexibility index (Phi) is 2.85. The minimum absolute atomic E-state index is 0.779. The van der Waals surface area contributed by atoms with E-state index in [1.54, 1.807) is 5.56 Å². The molecular formula is C11H14Se2. The summed E-state index contributed by atoms with van der Waals surface area (Å²) in [6, 6.07) is 11.0. The molecule has 0 aromatic heterocycles. The van der Waals surface area contributed by atoms with Gasteiger partial charge in [0, 0.05) is 0 Å². The van der Waals surface area contributed by atoms with Crippen molar-refractivity contribution in [2.24, 2.45) is 0 Å². The van der Waals surface area contributed by atoms with Gasteiger partial charge in [-0.1, -0.05) is 0 Å².